The largest absolute Gasteiger partial charge is 0.361 e. The Morgan fingerprint density at radius 3 is 0.950 bits per heavy atom. The van der Waals surface area contributed by atoms with E-state index >= 15 is 0 Å². The minimum absolute atomic E-state index is 0.252. The van der Waals surface area contributed by atoms with E-state index in [9.17, 15) is 0 Å². The fraction of sp³-hybridized carbons (Fsp3) is 0.207. The van der Waals surface area contributed by atoms with E-state index in [1.807, 2.05) is 106 Å². The maximum atomic E-state index is 8.97. The summed E-state index contributed by atoms with van der Waals surface area (Å²) in [6.45, 7) is 35.1. The van der Waals surface area contributed by atoms with Crippen molar-refractivity contribution in [3.8, 4) is 61.7 Å². The first-order valence-corrected chi connectivity index (χ1v) is 33.9. The van der Waals surface area contributed by atoms with Gasteiger partial charge in [0.15, 0.2) is 0 Å². The molecule has 0 bridgehead atoms. The Balaban J connectivity index is 0.000000135. The first kappa shape index (κ1) is 70.1. The highest BCUT2D eigenvalue weighted by Crippen LogP contribution is 2.50. The first-order chi connectivity index (χ1) is 48.0. The lowest BCUT2D eigenvalue weighted by atomic mass is 10.0. The summed E-state index contributed by atoms with van der Waals surface area (Å²) in [6, 6.07) is 57.3. The van der Waals surface area contributed by atoms with Gasteiger partial charge in [0, 0.05) is 96.2 Å². The van der Waals surface area contributed by atoms with Gasteiger partial charge in [-0.3, -0.25) is 0 Å². The molecule has 5 heterocycles. The Kier molecular flexibility index (Phi) is 21.2. The molecule has 0 aliphatic heterocycles. The zero-order valence-corrected chi connectivity index (χ0v) is 60.8. The maximum Gasteiger partial charge on any atom is 0.258 e. The van der Waals surface area contributed by atoms with Gasteiger partial charge in [-0.15, -0.1) is 0 Å². The highest BCUT2D eigenvalue weighted by atomic mass is 79.9. The van der Waals surface area contributed by atoms with Crippen LogP contribution in [0.3, 0.4) is 0 Å². The molecule has 1 aliphatic rings. The molecular formula is C82H77BrClN11O5. The molecule has 1 saturated carbocycles. The van der Waals surface area contributed by atoms with Crippen molar-refractivity contribution in [3.63, 3.8) is 0 Å². The van der Waals surface area contributed by atoms with Crippen molar-refractivity contribution in [1.29, 1.82) is 5.26 Å². The Hall–Kier alpha value is -11.2. The van der Waals surface area contributed by atoms with Crippen LogP contribution < -0.4 is 21.3 Å². The van der Waals surface area contributed by atoms with Crippen molar-refractivity contribution < 1.29 is 22.6 Å². The van der Waals surface area contributed by atoms with Crippen LogP contribution in [-0.2, 0) is 5.54 Å². The second-order valence-electron chi connectivity index (χ2n) is 25.2. The molecule has 0 radical (unpaired) electrons. The molecule has 5 aromatic heterocycles. The van der Waals surface area contributed by atoms with E-state index in [-0.39, 0.29) is 5.54 Å². The average Bonchev–Trinajstić information content (AvgIpc) is 1.60. The number of hydrogen-bond donors (Lipinski definition) is 4. The molecule has 100 heavy (non-hydrogen) atoms. The maximum absolute atomic E-state index is 8.97. The van der Waals surface area contributed by atoms with Crippen LogP contribution in [0.5, 0.6) is 0 Å². The summed E-state index contributed by atoms with van der Waals surface area (Å²) in [7, 11) is 0. The summed E-state index contributed by atoms with van der Waals surface area (Å²) in [5.41, 5.74) is 29.2. The quantitative estimate of drug-likeness (QED) is 0.0747. The fourth-order valence-corrected chi connectivity index (χ4v) is 12.6. The Bertz CT molecular complexity index is 5100. The molecule has 0 amide bonds. The molecule has 4 N–H and O–H groups in total. The van der Waals surface area contributed by atoms with Gasteiger partial charge < -0.3 is 48.7 Å². The number of nitrogens with zero attached hydrogens (tertiary/aromatic N) is 7. The van der Waals surface area contributed by atoms with E-state index in [1.165, 1.54) is 16.7 Å². The number of hydrogen-bond acceptors (Lipinski definition) is 15. The predicted molar refractivity (Wildman–Crippen MR) is 403 cm³/mol. The van der Waals surface area contributed by atoms with Gasteiger partial charge in [0.2, 0.25) is 0 Å². The van der Waals surface area contributed by atoms with Crippen molar-refractivity contribution in [2.75, 3.05) is 21.3 Å². The third-order valence-electron chi connectivity index (χ3n) is 17.9. The molecular weight excluding hydrogens is 1330 g/mol. The van der Waals surface area contributed by atoms with E-state index in [4.69, 9.17) is 46.1 Å². The molecule has 0 spiro atoms. The van der Waals surface area contributed by atoms with Crippen LogP contribution in [-0.4, -0.2) is 25.8 Å². The summed E-state index contributed by atoms with van der Waals surface area (Å²) >= 11 is 9.56. The van der Waals surface area contributed by atoms with Crippen LogP contribution in [0.4, 0.5) is 45.5 Å². The van der Waals surface area contributed by atoms with Crippen LogP contribution >= 0.6 is 27.5 Å². The van der Waals surface area contributed by atoms with E-state index < -0.39 is 0 Å². The predicted octanol–water partition coefficient (Wildman–Crippen LogP) is 23.5. The first-order valence-electron chi connectivity index (χ1n) is 32.7. The van der Waals surface area contributed by atoms with Crippen molar-refractivity contribution >= 4 is 73.0 Å². The number of aryl methyl sites for hydroxylation is 14. The SMILES string of the molecule is Cc1ccc(-c2c(C)noc2C)cc1Nc1ccc(-c2c(C)noc2C)cc1.Cc1ccc(-c2c(C)noc2C)cc1Nc1ccc(Br)cc1.Cc1ccc(-c2c(C)noc2C)cc1Nc1ccc(C#N)c(Cl)c1.[C-]#[N+]C1(c2ccc(Nc3cc(-c4c(C)noc4C)ccc3C)cc2)CC1. The van der Waals surface area contributed by atoms with Crippen LogP contribution in [0.1, 0.15) is 103 Å². The molecule has 8 aromatic carbocycles. The standard InChI is InChI=1S/C23H23N3O2.C22H21N3O.C19H16ClN3O.C18H17BrN2O/c1-13-6-7-19(23-15(3)26-28-17(23)5)12-21(13)24-20-10-8-18(9-11-20)22-14(2)25-27-16(22)4;1-14-5-6-17(21-15(2)25-26-16(21)3)13-20(14)24-19-9-7-18(8-10-19)22(23-4)11-12-22;1-11-4-5-14(19-12(2)23-24-13(19)3)8-18(11)22-16-7-6-15(10-21)17(20)9-16;1-11-4-5-14(18-12(2)21-22-13(18)3)10-17(11)20-16-8-6-15(19)7-9-16/h6-12,24H,1-5H3;5-10,13,24H,11-12H2,1-3H3;4-9,22H,1-3H3;4-10,20H,1-3H3. The van der Waals surface area contributed by atoms with Gasteiger partial charge >= 0.3 is 0 Å². The zero-order chi connectivity index (χ0) is 71.1. The van der Waals surface area contributed by atoms with Gasteiger partial charge in [-0.2, -0.15) is 5.26 Å². The Morgan fingerprint density at radius 1 is 0.390 bits per heavy atom. The van der Waals surface area contributed by atoms with Gasteiger partial charge in [0.05, 0.1) is 39.1 Å². The van der Waals surface area contributed by atoms with Crippen molar-refractivity contribution in [3.05, 3.63) is 275 Å². The zero-order valence-electron chi connectivity index (χ0n) is 58.4. The molecule has 13 aromatic rings. The van der Waals surface area contributed by atoms with E-state index in [1.54, 1.807) is 12.1 Å². The average molecular weight is 1410 g/mol. The number of benzene rings is 8. The van der Waals surface area contributed by atoms with Crippen LogP contribution in [0.25, 0.3) is 60.5 Å². The van der Waals surface area contributed by atoms with Gasteiger partial charge in [-0.05, 0) is 250 Å². The Morgan fingerprint density at radius 2 is 0.670 bits per heavy atom. The number of anilines is 8. The van der Waals surface area contributed by atoms with Crippen molar-refractivity contribution in [2.45, 2.75) is 115 Å². The number of halogens is 2. The smallest absolute Gasteiger partial charge is 0.258 e. The number of nitrogens with one attached hydrogen (secondary N) is 4. The van der Waals surface area contributed by atoms with Gasteiger partial charge in [-0.25, -0.2) is 6.57 Å². The molecule has 1 fully saturated rings. The molecule has 0 saturated heterocycles. The highest BCUT2D eigenvalue weighted by Gasteiger charge is 2.52. The summed E-state index contributed by atoms with van der Waals surface area (Å²) in [6.07, 6.45) is 1.95. The monoisotopic (exact) mass is 1410 g/mol. The third kappa shape index (κ3) is 15.8. The van der Waals surface area contributed by atoms with E-state index in [0.717, 1.165) is 187 Å². The molecule has 14 rings (SSSR count). The summed E-state index contributed by atoms with van der Waals surface area (Å²) in [5, 5.41) is 43.5. The van der Waals surface area contributed by atoms with Gasteiger partial charge in [0.25, 0.3) is 5.54 Å². The summed E-state index contributed by atoms with van der Waals surface area (Å²) in [5.74, 6) is 4.13. The molecule has 0 atom stereocenters. The van der Waals surface area contributed by atoms with Gasteiger partial charge in [0.1, 0.15) is 34.9 Å². The lowest BCUT2D eigenvalue weighted by Gasteiger charge is -2.12. The summed E-state index contributed by atoms with van der Waals surface area (Å²) in [4.78, 5) is 3.80. The van der Waals surface area contributed by atoms with Gasteiger partial charge in [-0.1, -0.05) is 114 Å². The third-order valence-corrected chi connectivity index (χ3v) is 18.7. The second kappa shape index (κ2) is 30.3. The Labute approximate surface area is 596 Å². The molecule has 18 heteroatoms. The normalized spacial score (nSPS) is 11.8. The summed E-state index contributed by atoms with van der Waals surface area (Å²) < 4.78 is 27.5. The second-order valence-corrected chi connectivity index (χ2v) is 26.5. The minimum atomic E-state index is -0.252. The van der Waals surface area contributed by atoms with Crippen LogP contribution in [0.2, 0.25) is 5.02 Å². The topological polar surface area (TPSA) is 206 Å². The lowest BCUT2D eigenvalue weighted by Crippen LogP contribution is -2.00. The molecule has 16 nitrogen and oxygen atoms in total. The molecule has 504 valence electrons. The number of aromatic nitrogens is 5. The van der Waals surface area contributed by atoms with Crippen molar-refractivity contribution in [2.24, 2.45) is 0 Å². The van der Waals surface area contributed by atoms with Crippen molar-refractivity contribution in [1.82, 2.24) is 25.8 Å². The highest BCUT2D eigenvalue weighted by molar-refractivity contribution is 9.10. The molecule has 0 unspecified atom stereocenters. The molecule has 1 aliphatic carbocycles. The van der Waals surface area contributed by atoms with E-state index in [2.05, 4.69) is 216 Å². The number of rotatable bonds is 14. The van der Waals surface area contributed by atoms with Crippen LogP contribution in [0.15, 0.2) is 191 Å². The number of nitriles is 1. The fourth-order valence-electron chi connectivity index (χ4n) is 12.1. The lowest BCUT2D eigenvalue weighted by molar-refractivity contribution is 0.393. The minimum Gasteiger partial charge on any atom is -0.361 e. The van der Waals surface area contributed by atoms with Crippen LogP contribution in [0, 0.1) is 115 Å². The van der Waals surface area contributed by atoms with E-state index in [0.29, 0.717) is 10.6 Å².